The molecule has 3 aromatic rings. The summed E-state index contributed by atoms with van der Waals surface area (Å²) < 4.78 is 60.8. The molecular formula is C20H18F3N5O3S. The lowest BCUT2D eigenvalue weighted by atomic mass is 9.98. The van der Waals surface area contributed by atoms with E-state index < -0.39 is 32.8 Å². The number of fused-ring (bicyclic) bond motifs is 1. The van der Waals surface area contributed by atoms with Crippen molar-refractivity contribution < 1.29 is 26.4 Å². The average molecular weight is 465 g/mol. The van der Waals surface area contributed by atoms with Crippen LogP contribution in [0, 0.1) is 0 Å². The summed E-state index contributed by atoms with van der Waals surface area (Å²) in [6, 6.07) is 10.3. The van der Waals surface area contributed by atoms with Crippen molar-refractivity contribution in [3.8, 4) is 0 Å². The number of halogens is 3. The number of benzene rings is 2. The molecule has 32 heavy (non-hydrogen) atoms. The van der Waals surface area contributed by atoms with E-state index in [1.165, 1.54) is 12.1 Å². The predicted octanol–water partition coefficient (Wildman–Crippen LogP) is 3.02. The van der Waals surface area contributed by atoms with Gasteiger partial charge in [0.15, 0.2) is 0 Å². The number of carbonyl (C=O) groups is 1. The number of aromatic amines is 1. The molecule has 0 radical (unpaired) electrons. The first-order chi connectivity index (χ1) is 15.0. The van der Waals surface area contributed by atoms with E-state index in [0.29, 0.717) is 25.2 Å². The maximum absolute atomic E-state index is 12.7. The van der Waals surface area contributed by atoms with E-state index in [0.717, 1.165) is 35.1 Å². The number of hydrogen-bond acceptors (Lipinski definition) is 5. The summed E-state index contributed by atoms with van der Waals surface area (Å²) >= 11 is 0. The van der Waals surface area contributed by atoms with Crippen molar-refractivity contribution >= 4 is 27.3 Å². The number of nitrogens with zero attached hydrogens (tertiary/aromatic N) is 2. The average Bonchev–Trinajstić information content (AvgIpc) is 3.23. The van der Waals surface area contributed by atoms with Crippen LogP contribution in [-0.2, 0) is 29.2 Å². The minimum Gasteiger partial charge on any atom is -0.356 e. The molecule has 0 aliphatic carbocycles. The van der Waals surface area contributed by atoms with Gasteiger partial charge in [-0.15, -0.1) is 0 Å². The molecule has 168 valence electrons. The predicted molar refractivity (Wildman–Crippen MR) is 110 cm³/mol. The highest BCUT2D eigenvalue weighted by Gasteiger charge is 2.30. The molecule has 2 aromatic carbocycles. The molecular weight excluding hydrogens is 447 g/mol. The van der Waals surface area contributed by atoms with Crippen LogP contribution in [0.1, 0.15) is 27.2 Å². The third kappa shape index (κ3) is 4.60. The molecule has 1 aliphatic heterocycles. The molecule has 4 N–H and O–H groups in total. The summed E-state index contributed by atoms with van der Waals surface area (Å²) in [5.41, 5.74) is 2.46. The third-order valence-electron chi connectivity index (χ3n) is 5.06. The number of primary sulfonamides is 1. The van der Waals surface area contributed by atoms with Crippen LogP contribution in [0.3, 0.4) is 0 Å². The van der Waals surface area contributed by atoms with E-state index in [-0.39, 0.29) is 5.69 Å². The summed E-state index contributed by atoms with van der Waals surface area (Å²) in [6.07, 6.45) is -2.70. The fraction of sp³-hybridized carbons (Fsp3) is 0.200. The van der Waals surface area contributed by atoms with Crippen LogP contribution in [0.5, 0.6) is 0 Å². The fourth-order valence-electron chi connectivity index (χ4n) is 3.44. The summed E-state index contributed by atoms with van der Waals surface area (Å²) in [7, 11) is -4.04. The second kappa shape index (κ2) is 7.95. The van der Waals surface area contributed by atoms with E-state index in [9.17, 15) is 26.4 Å². The Morgan fingerprint density at radius 2 is 1.78 bits per heavy atom. The van der Waals surface area contributed by atoms with Crippen molar-refractivity contribution in [1.29, 1.82) is 0 Å². The van der Waals surface area contributed by atoms with Gasteiger partial charge in [0.1, 0.15) is 5.69 Å². The van der Waals surface area contributed by atoms with Crippen LogP contribution >= 0.6 is 0 Å². The number of hydrogen-bond donors (Lipinski definition) is 3. The van der Waals surface area contributed by atoms with Crippen LogP contribution in [0.25, 0.3) is 0 Å². The number of sulfonamides is 1. The Kier molecular flexibility index (Phi) is 5.42. The van der Waals surface area contributed by atoms with Gasteiger partial charge in [0.05, 0.1) is 11.8 Å². The number of aromatic nitrogens is 2. The lowest BCUT2D eigenvalue weighted by Gasteiger charge is -2.29. The molecule has 0 unspecified atom stereocenters. The van der Waals surface area contributed by atoms with Crippen molar-refractivity contribution in [1.82, 2.24) is 14.9 Å². The van der Waals surface area contributed by atoms with Crippen LogP contribution in [0.2, 0.25) is 0 Å². The Hall–Kier alpha value is -3.38. The van der Waals surface area contributed by atoms with E-state index in [1.54, 1.807) is 11.0 Å². The molecule has 0 saturated carbocycles. The van der Waals surface area contributed by atoms with Crippen molar-refractivity contribution in [3.05, 3.63) is 71.0 Å². The first-order valence-corrected chi connectivity index (χ1v) is 11.0. The van der Waals surface area contributed by atoms with E-state index in [2.05, 4.69) is 15.3 Å². The molecule has 1 aliphatic rings. The molecule has 0 spiro atoms. The van der Waals surface area contributed by atoms with Crippen molar-refractivity contribution in [2.45, 2.75) is 24.3 Å². The second-order valence-corrected chi connectivity index (χ2v) is 8.78. The molecule has 4 rings (SSSR count). The number of amides is 1. The van der Waals surface area contributed by atoms with Gasteiger partial charge in [-0.2, -0.15) is 13.2 Å². The maximum Gasteiger partial charge on any atom is 0.416 e. The van der Waals surface area contributed by atoms with Gasteiger partial charge in [0, 0.05) is 24.5 Å². The third-order valence-corrected chi connectivity index (χ3v) is 5.81. The zero-order valence-corrected chi connectivity index (χ0v) is 17.3. The SMILES string of the molecule is NS(=O)(=O)c1ncc(C(=O)N2CCc3cc(Nc4ccc(C(F)(F)F)cc4)ccc3C2)[nH]1. The smallest absolute Gasteiger partial charge is 0.356 e. The Morgan fingerprint density at radius 3 is 2.41 bits per heavy atom. The monoisotopic (exact) mass is 465 g/mol. The second-order valence-electron chi connectivity index (χ2n) is 7.31. The van der Waals surface area contributed by atoms with Gasteiger partial charge in [-0.05, 0) is 53.9 Å². The van der Waals surface area contributed by atoms with Crippen molar-refractivity contribution in [3.63, 3.8) is 0 Å². The van der Waals surface area contributed by atoms with Gasteiger partial charge < -0.3 is 15.2 Å². The van der Waals surface area contributed by atoms with Gasteiger partial charge in [0.2, 0.25) is 5.16 Å². The normalized spacial score (nSPS) is 14.2. The van der Waals surface area contributed by atoms with E-state index in [4.69, 9.17) is 5.14 Å². The molecule has 1 aromatic heterocycles. The largest absolute Gasteiger partial charge is 0.416 e. The van der Waals surface area contributed by atoms with E-state index >= 15 is 0 Å². The Bertz CT molecular complexity index is 1270. The molecule has 0 fully saturated rings. The van der Waals surface area contributed by atoms with Gasteiger partial charge in [-0.25, -0.2) is 18.5 Å². The van der Waals surface area contributed by atoms with Crippen LogP contribution in [0.15, 0.2) is 53.8 Å². The molecule has 2 heterocycles. The highest BCUT2D eigenvalue weighted by molar-refractivity contribution is 7.89. The minimum absolute atomic E-state index is 0.0260. The lowest BCUT2D eigenvalue weighted by Crippen LogP contribution is -2.36. The quantitative estimate of drug-likeness (QED) is 0.547. The Labute approximate surface area is 181 Å². The summed E-state index contributed by atoms with van der Waals surface area (Å²) in [4.78, 5) is 20.3. The minimum atomic E-state index is -4.38. The fourth-order valence-corrected chi connectivity index (χ4v) is 3.89. The number of rotatable bonds is 4. The first kappa shape index (κ1) is 21.8. The molecule has 1 amide bonds. The maximum atomic E-state index is 12.7. The number of nitrogens with one attached hydrogen (secondary N) is 2. The number of anilines is 2. The van der Waals surface area contributed by atoms with Gasteiger partial charge in [-0.1, -0.05) is 6.07 Å². The van der Waals surface area contributed by atoms with Gasteiger partial charge >= 0.3 is 6.18 Å². The Morgan fingerprint density at radius 1 is 1.09 bits per heavy atom. The zero-order chi connectivity index (χ0) is 23.1. The highest BCUT2D eigenvalue weighted by Crippen LogP contribution is 2.31. The molecule has 0 saturated heterocycles. The topological polar surface area (TPSA) is 121 Å². The van der Waals surface area contributed by atoms with Crippen molar-refractivity contribution in [2.24, 2.45) is 5.14 Å². The summed E-state index contributed by atoms with van der Waals surface area (Å²) in [5, 5.41) is 7.61. The highest BCUT2D eigenvalue weighted by atomic mass is 32.2. The number of H-pyrrole nitrogens is 1. The number of carbonyl (C=O) groups excluding carboxylic acids is 1. The first-order valence-electron chi connectivity index (χ1n) is 9.44. The standard InChI is InChI=1S/C20H18F3N5O3S/c21-20(22,23)14-2-5-15(6-3-14)26-16-4-1-13-11-28(8-7-12(13)9-16)18(29)17-10-25-19(27-17)32(24,30)31/h1-6,9-10,26H,7-8,11H2,(H,25,27)(H2,24,30,31). The summed E-state index contributed by atoms with van der Waals surface area (Å²) in [5.74, 6) is -0.398. The Balaban J connectivity index is 1.45. The van der Waals surface area contributed by atoms with Gasteiger partial charge in [-0.3, -0.25) is 4.79 Å². The van der Waals surface area contributed by atoms with Crippen molar-refractivity contribution in [2.75, 3.05) is 11.9 Å². The zero-order valence-electron chi connectivity index (χ0n) is 16.5. The number of imidazole rings is 1. The van der Waals surface area contributed by atoms with Crippen LogP contribution in [-0.4, -0.2) is 35.7 Å². The number of nitrogens with two attached hydrogens (primary N) is 1. The van der Waals surface area contributed by atoms with E-state index in [1.807, 2.05) is 12.1 Å². The van der Waals surface area contributed by atoms with Gasteiger partial charge in [0.25, 0.3) is 15.9 Å². The lowest BCUT2D eigenvalue weighted by molar-refractivity contribution is -0.137. The molecule has 8 nitrogen and oxygen atoms in total. The number of alkyl halides is 3. The van der Waals surface area contributed by atoms with Crippen LogP contribution < -0.4 is 10.5 Å². The summed E-state index contributed by atoms with van der Waals surface area (Å²) in [6.45, 7) is 0.720. The molecule has 0 atom stereocenters. The molecule has 12 heteroatoms. The van der Waals surface area contributed by atoms with Crippen LogP contribution in [0.4, 0.5) is 24.5 Å². The molecule has 0 bridgehead atoms.